The Morgan fingerprint density at radius 3 is 2.53 bits per heavy atom. The number of methoxy groups -OCH3 is 3. The van der Waals surface area contributed by atoms with E-state index in [2.05, 4.69) is 0 Å². The summed E-state index contributed by atoms with van der Waals surface area (Å²) in [5.41, 5.74) is 1.31. The molecule has 0 spiro atoms. The van der Waals surface area contributed by atoms with Crippen LogP contribution in [0.2, 0.25) is 0 Å². The van der Waals surface area contributed by atoms with Crippen molar-refractivity contribution in [1.82, 2.24) is 4.90 Å². The van der Waals surface area contributed by atoms with Gasteiger partial charge in [0.05, 0.1) is 46.5 Å². The predicted octanol–water partition coefficient (Wildman–Crippen LogP) is 2.85. The number of allylic oxidation sites excluding steroid dienone is 1. The first-order valence-electron chi connectivity index (χ1n) is 10.9. The number of fused-ring (bicyclic) bond motifs is 1. The second-order valence-corrected chi connectivity index (χ2v) is 7.90. The molecular formula is C25H27NO8. The van der Waals surface area contributed by atoms with Crippen molar-refractivity contribution in [3.05, 3.63) is 59.0 Å². The topological polar surface area (TPSA) is 104 Å². The summed E-state index contributed by atoms with van der Waals surface area (Å²) in [6.07, 6.45) is 1.59. The molecule has 1 fully saturated rings. The molecule has 0 aromatic heterocycles. The number of carbonyl (C=O) groups excluding carboxylic acids is 2. The molecule has 2 heterocycles. The molecule has 0 radical (unpaired) electrons. The lowest BCUT2D eigenvalue weighted by Gasteiger charge is -2.25. The number of carbonyl (C=O) groups is 2. The maximum Gasteiger partial charge on any atom is 0.306 e. The van der Waals surface area contributed by atoms with Crippen LogP contribution in [0.1, 0.15) is 33.8 Å². The zero-order valence-electron chi connectivity index (χ0n) is 19.3. The number of nitrogens with zero attached hydrogens (tertiary/aromatic N) is 1. The van der Waals surface area contributed by atoms with Crippen LogP contribution in [0, 0.1) is 0 Å². The van der Waals surface area contributed by atoms with E-state index in [0.29, 0.717) is 54.5 Å². The normalized spacial score (nSPS) is 17.2. The Kier molecular flexibility index (Phi) is 6.93. The van der Waals surface area contributed by atoms with Crippen molar-refractivity contribution < 1.29 is 38.4 Å². The first-order valence-corrected chi connectivity index (χ1v) is 10.9. The van der Waals surface area contributed by atoms with Crippen LogP contribution >= 0.6 is 0 Å². The number of ketones is 1. The van der Waals surface area contributed by atoms with Gasteiger partial charge in [0.25, 0.3) is 0 Å². The molecule has 0 amide bonds. The quantitative estimate of drug-likeness (QED) is 0.484. The fourth-order valence-corrected chi connectivity index (χ4v) is 4.17. The Morgan fingerprint density at radius 2 is 1.85 bits per heavy atom. The lowest BCUT2D eigenvalue weighted by atomic mass is 9.86. The second-order valence-electron chi connectivity index (χ2n) is 7.90. The van der Waals surface area contributed by atoms with Gasteiger partial charge in [0.15, 0.2) is 17.3 Å². The molecule has 2 aliphatic heterocycles. The molecule has 180 valence electrons. The fourth-order valence-electron chi connectivity index (χ4n) is 4.17. The van der Waals surface area contributed by atoms with Gasteiger partial charge in [-0.05, 0) is 29.8 Å². The molecule has 2 aromatic carbocycles. The molecule has 0 unspecified atom stereocenters. The molecule has 2 aliphatic rings. The SMILES string of the molecule is COC(=O)C[C@@H](c1ccc(OC)c(OC)c1)c1c(O)ccc2c1O/C(=C\N1CCOCC1)C2=O. The number of morpholine rings is 1. The standard InChI is InChI=1S/C25H27NO8/c1-30-19-7-4-15(12-20(19)31-2)17(13-22(28)32-3)23-18(27)6-5-16-24(29)21(34-25(16)23)14-26-8-10-33-11-9-26/h4-7,12,14,17,27H,8-11,13H2,1-3H3/b21-14-/t17-/m0/s1. The molecule has 9 heteroatoms. The van der Waals surface area contributed by atoms with Crippen molar-refractivity contribution in [2.45, 2.75) is 12.3 Å². The Hall–Kier alpha value is -3.72. The molecule has 4 rings (SSSR count). The third-order valence-electron chi connectivity index (χ3n) is 5.96. The molecule has 0 aliphatic carbocycles. The Bertz CT molecular complexity index is 1120. The number of esters is 1. The first kappa shape index (κ1) is 23.4. The summed E-state index contributed by atoms with van der Waals surface area (Å²) in [4.78, 5) is 27.4. The minimum Gasteiger partial charge on any atom is -0.508 e. The molecule has 0 bridgehead atoms. The summed E-state index contributed by atoms with van der Waals surface area (Å²) in [7, 11) is 4.34. The van der Waals surface area contributed by atoms with Crippen molar-refractivity contribution >= 4 is 11.8 Å². The highest BCUT2D eigenvalue weighted by molar-refractivity contribution is 6.12. The molecule has 1 saturated heterocycles. The summed E-state index contributed by atoms with van der Waals surface area (Å²) >= 11 is 0. The summed E-state index contributed by atoms with van der Waals surface area (Å²) in [6, 6.07) is 8.19. The van der Waals surface area contributed by atoms with E-state index in [1.54, 1.807) is 24.4 Å². The van der Waals surface area contributed by atoms with Crippen LogP contribution in [0.15, 0.2) is 42.3 Å². The number of ether oxygens (including phenoxy) is 5. The molecule has 34 heavy (non-hydrogen) atoms. The van der Waals surface area contributed by atoms with E-state index >= 15 is 0 Å². The first-order chi connectivity index (χ1) is 16.5. The van der Waals surface area contributed by atoms with E-state index in [1.807, 2.05) is 4.90 Å². The lowest BCUT2D eigenvalue weighted by molar-refractivity contribution is -0.140. The van der Waals surface area contributed by atoms with Crippen molar-refractivity contribution in [3.63, 3.8) is 0 Å². The number of phenols is 1. The highest BCUT2D eigenvalue weighted by Gasteiger charge is 2.36. The Balaban J connectivity index is 1.79. The number of phenolic OH excluding ortho intramolecular Hbond substituents is 1. The zero-order valence-corrected chi connectivity index (χ0v) is 19.3. The average molecular weight is 469 g/mol. The smallest absolute Gasteiger partial charge is 0.306 e. The second kappa shape index (κ2) is 10.0. The maximum atomic E-state index is 13.1. The van der Waals surface area contributed by atoms with Gasteiger partial charge in [-0.2, -0.15) is 0 Å². The highest BCUT2D eigenvalue weighted by Crippen LogP contribution is 2.47. The Morgan fingerprint density at radius 1 is 1.12 bits per heavy atom. The molecule has 2 aromatic rings. The highest BCUT2D eigenvalue weighted by atomic mass is 16.5. The van der Waals surface area contributed by atoms with Gasteiger partial charge in [0.2, 0.25) is 5.78 Å². The van der Waals surface area contributed by atoms with E-state index in [0.717, 1.165) is 0 Å². The zero-order chi connectivity index (χ0) is 24.2. The summed E-state index contributed by atoms with van der Waals surface area (Å²) in [6.45, 7) is 2.42. The number of aromatic hydroxyl groups is 1. The van der Waals surface area contributed by atoms with Gasteiger partial charge in [0, 0.05) is 30.8 Å². The van der Waals surface area contributed by atoms with Crippen molar-refractivity contribution in [2.24, 2.45) is 0 Å². The predicted molar refractivity (Wildman–Crippen MR) is 122 cm³/mol. The van der Waals surface area contributed by atoms with Gasteiger partial charge < -0.3 is 33.7 Å². The van der Waals surface area contributed by atoms with Crippen molar-refractivity contribution in [1.29, 1.82) is 0 Å². The van der Waals surface area contributed by atoms with Gasteiger partial charge >= 0.3 is 5.97 Å². The molecule has 0 saturated carbocycles. The monoisotopic (exact) mass is 469 g/mol. The van der Waals surface area contributed by atoms with Crippen LogP contribution in [0.5, 0.6) is 23.0 Å². The fraction of sp³-hybridized carbons (Fsp3) is 0.360. The third kappa shape index (κ3) is 4.51. The van der Waals surface area contributed by atoms with Gasteiger partial charge in [-0.25, -0.2) is 0 Å². The minimum atomic E-state index is -0.669. The minimum absolute atomic E-state index is 0.0872. The van der Waals surface area contributed by atoms with Crippen LogP contribution in [0.3, 0.4) is 0 Å². The maximum absolute atomic E-state index is 13.1. The van der Waals surface area contributed by atoms with Gasteiger partial charge in [-0.3, -0.25) is 9.59 Å². The van der Waals surface area contributed by atoms with Crippen LogP contribution in [-0.4, -0.2) is 69.4 Å². The Labute approximate surface area is 197 Å². The summed E-state index contributed by atoms with van der Waals surface area (Å²) < 4.78 is 27.0. The third-order valence-corrected chi connectivity index (χ3v) is 5.96. The molecule has 1 atom stereocenters. The molecule has 1 N–H and O–H groups in total. The number of hydrogen-bond donors (Lipinski definition) is 1. The number of rotatable bonds is 7. The molecular weight excluding hydrogens is 442 g/mol. The molecule has 9 nitrogen and oxygen atoms in total. The summed E-state index contributed by atoms with van der Waals surface area (Å²) in [5.74, 6) is -0.154. The van der Waals surface area contributed by atoms with E-state index in [4.69, 9.17) is 23.7 Å². The average Bonchev–Trinajstić information content (AvgIpc) is 3.17. The van der Waals surface area contributed by atoms with Gasteiger partial charge in [-0.15, -0.1) is 0 Å². The van der Waals surface area contributed by atoms with Crippen LogP contribution in [0.25, 0.3) is 0 Å². The summed E-state index contributed by atoms with van der Waals surface area (Å²) in [5, 5.41) is 10.9. The van der Waals surface area contributed by atoms with E-state index in [-0.39, 0.29) is 29.5 Å². The lowest BCUT2D eigenvalue weighted by Crippen LogP contribution is -2.32. The van der Waals surface area contributed by atoms with Gasteiger partial charge in [0.1, 0.15) is 11.5 Å². The van der Waals surface area contributed by atoms with Crippen molar-refractivity contribution in [2.75, 3.05) is 47.6 Å². The number of Topliss-reactive ketones (excluding diaryl/α,β-unsaturated/α-hetero) is 1. The number of benzene rings is 2. The van der Waals surface area contributed by atoms with Crippen molar-refractivity contribution in [3.8, 4) is 23.0 Å². The largest absolute Gasteiger partial charge is 0.508 e. The van der Waals surface area contributed by atoms with Gasteiger partial charge in [-0.1, -0.05) is 6.07 Å². The number of hydrogen-bond acceptors (Lipinski definition) is 9. The van der Waals surface area contributed by atoms with E-state index < -0.39 is 11.9 Å². The van der Waals surface area contributed by atoms with E-state index in [1.165, 1.54) is 33.5 Å². The van der Waals surface area contributed by atoms with E-state index in [9.17, 15) is 14.7 Å². The van der Waals surface area contributed by atoms with Crippen LogP contribution in [0.4, 0.5) is 0 Å². The van der Waals surface area contributed by atoms with Crippen LogP contribution < -0.4 is 14.2 Å². The van der Waals surface area contributed by atoms with Crippen LogP contribution in [-0.2, 0) is 14.3 Å².